The predicted molar refractivity (Wildman–Crippen MR) is 75.9 cm³/mol. The summed E-state index contributed by atoms with van der Waals surface area (Å²) in [5.74, 6) is -0.791. The van der Waals surface area contributed by atoms with Crippen molar-refractivity contribution in [3.63, 3.8) is 0 Å². The number of hydrogen-bond acceptors (Lipinski definition) is 4. The third-order valence-corrected chi connectivity index (χ3v) is 3.02. The van der Waals surface area contributed by atoms with Crippen molar-refractivity contribution in [1.29, 1.82) is 0 Å². The largest absolute Gasteiger partial charge is 0.464 e. The Labute approximate surface area is 124 Å². The number of methoxy groups -OCH3 is 1. The molecule has 1 aromatic carbocycles. The lowest BCUT2D eigenvalue weighted by atomic mass is 10.2. The van der Waals surface area contributed by atoms with Gasteiger partial charge in [0.25, 0.3) is 0 Å². The van der Waals surface area contributed by atoms with Gasteiger partial charge in [0.15, 0.2) is 0 Å². The molecule has 0 fully saturated rings. The third-order valence-electron chi connectivity index (χ3n) is 2.59. The highest BCUT2D eigenvalue weighted by molar-refractivity contribution is 6.34. The quantitative estimate of drug-likeness (QED) is 0.800. The molecular formula is C13H10Cl2N2O3. The van der Waals surface area contributed by atoms with Gasteiger partial charge in [0.1, 0.15) is 0 Å². The lowest BCUT2D eigenvalue weighted by molar-refractivity contribution is 0.0590. The minimum atomic E-state index is -0.791. The zero-order chi connectivity index (χ0) is 14.9. The Hall–Kier alpha value is -1.85. The first kappa shape index (κ1) is 14.6. The zero-order valence-electron chi connectivity index (χ0n) is 10.7. The fraction of sp³-hybridized carbons (Fsp3) is 0.154. The van der Waals surface area contributed by atoms with Crippen LogP contribution in [0.5, 0.6) is 0 Å². The van der Waals surface area contributed by atoms with E-state index in [0.717, 1.165) is 0 Å². The summed E-state index contributed by atoms with van der Waals surface area (Å²) in [6, 6.07) is 4.81. The molecular weight excluding hydrogens is 303 g/mol. The Morgan fingerprint density at radius 2 is 1.85 bits per heavy atom. The smallest absolute Gasteiger partial charge is 0.362 e. The molecule has 0 radical (unpaired) electrons. The summed E-state index contributed by atoms with van der Waals surface area (Å²) in [4.78, 5) is 23.4. The third kappa shape index (κ3) is 2.84. The van der Waals surface area contributed by atoms with Crippen LogP contribution in [-0.4, -0.2) is 22.9 Å². The van der Waals surface area contributed by atoms with Crippen LogP contribution in [0.3, 0.4) is 0 Å². The van der Waals surface area contributed by atoms with Gasteiger partial charge in [0.2, 0.25) is 11.1 Å². The minimum absolute atomic E-state index is 0.288. The summed E-state index contributed by atoms with van der Waals surface area (Å²) < 4.78 is 5.91. The van der Waals surface area contributed by atoms with Gasteiger partial charge < -0.3 is 4.74 Å². The van der Waals surface area contributed by atoms with E-state index in [1.165, 1.54) is 18.0 Å². The molecule has 1 heterocycles. The van der Waals surface area contributed by atoms with Gasteiger partial charge in [-0.25, -0.2) is 9.48 Å². The van der Waals surface area contributed by atoms with Gasteiger partial charge in [-0.05, 0) is 25.1 Å². The Balaban J connectivity index is 2.66. The number of esters is 1. The molecule has 0 aliphatic carbocycles. The Morgan fingerprint density at radius 1 is 1.25 bits per heavy atom. The van der Waals surface area contributed by atoms with Crippen LogP contribution >= 0.6 is 23.2 Å². The van der Waals surface area contributed by atoms with Crippen molar-refractivity contribution in [2.24, 2.45) is 0 Å². The minimum Gasteiger partial charge on any atom is -0.464 e. The molecule has 5 nitrogen and oxygen atoms in total. The summed E-state index contributed by atoms with van der Waals surface area (Å²) in [5, 5.41) is 4.81. The Morgan fingerprint density at radius 3 is 2.40 bits per heavy atom. The summed E-state index contributed by atoms with van der Waals surface area (Å²) in [6.45, 7) is 1.58. The van der Waals surface area contributed by atoms with Gasteiger partial charge >= 0.3 is 5.97 Å². The van der Waals surface area contributed by atoms with Crippen LogP contribution in [0.2, 0.25) is 10.0 Å². The molecule has 0 N–H and O–H groups in total. The van der Waals surface area contributed by atoms with E-state index < -0.39 is 11.4 Å². The number of rotatable bonds is 2. The summed E-state index contributed by atoms with van der Waals surface area (Å²) in [7, 11) is 1.19. The maximum atomic E-state index is 11.9. The van der Waals surface area contributed by atoms with E-state index >= 15 is 0 Å². The van der Waals surface area contributed by atoms with E-state index in [0.29, 0.717) is 21.3 Å². The Kier molecular flexibility index (Phi) is 4.11. The average molecular weight is 313 g/mol. The van der Waals surface area contributed by atoms with Crippen molar-refractivity contribution < 1.29 is 9.53 Å². The maximum Gasteiger partial charge on any atom is 0.362 e. The van der Waals surface area contributed by atoms with Crippen molar-refractivity contribution in [2.75, 3.05) is 7.11 Å². The van der Waals surface area contributed by atoms with E-state index in [1.807, 2.05) is 0 Å². The number of hydrogen-bond donors (Lipinski definition) is 0. The van der Waals surface area contributed by atoms with E-state index in [1.54, 1.807) is 25.1 Å². The summed E-state index contributed by atoms with van der Waals surface area (Å²) in [6.07, 6.45) is 1.50. The van der Waals surface area contributed by atoms with Crippen LogP contribution in [0, 0.1) is 6.92 Å². The number of aryl methyl sites for hydroxylation is 1. The SMILES string of the molecule is COC(=O)c1nn(-c2cc(Cl)cc(Cl)c2)cc(C)c1=O. The van der Waals surface area contributed by atoms with Gasteiger partial charge in [-0.2, -0.15) is 5.10 Å². The van der Waals surface area contributed by atoms with Crippen LogP contribution in [0.25, 0.3) is 5.69 Å². The molecule has 0 atom stereocenters. The second-order valence-corrected chi connectivity index (χ2v) is 4.93. The van der Waals surface area contributed by atoms with Crippen molar-refractivity contribution in [1.82, 2.24) is 9.78 Å². The number of benzene rings is 1. The van der Waals surface area contributed by atoms with Crippen LogP contribution < -0.4 is 5.43 Å². The highest BCUT2D eigenvalue weighted by Gasteiger charge is 2.16. The van der Waals surface area contributed by atoms with Crippen molar-refractivity contribution in [3.05, 3.63) is 55.9 Å². The fourth-order valence-electron chi connectivity index (χ4n) is 1.64. The van der Waals surface area contributed by atoms with E-state index in [-0.39, 0.29) is 5.69 Å². The van der Waals surface area contributed by atoms with E-state index in [9.17, 15) is 9.59 Å². The fourth-order valence-corrected chi connectivity index (χ4v) is 2.16. The van der Waals surface area contributed by atoms with Crippen LogP contribution in [-0.2, 0) is 4.74 Å². The summed E-state index contributed by atoms with van der Waals surface area (Å²) in [5.41, 5.74) is 0.136. The molecule has 0 aliphatic rings. The van der Waals surface area contributed by atoms with Crippen molar-refractivity contribution >= 4 is 29.2 Å². The topological polar surface area (TPSA) is 61.2 Å². The van der Waals surface area contributed by atoms with E-state index in [2.05, 4.69) is 9.84 Å². The average Bonchev–Trinajstić information content (AvgIpc) is 2.39. The van der Waals surface area contributed by atoms with Gasteiger partial charge in [0.05, 0.1) is 12.8 Å². The molecule has 2 rings (SSSR count). The van der Waals surface area contributed by atoms with Gasteiger partial charge in [0, 0.05) is 21.8 Å². The number of ether oxygens (including phenoxy) is 1. The summed E-state index contributed by atoms with van der Waals surface area (Å²) >= 11 is 11.8. The molecule has 0 saturated heterocycles. The van der Waals surface area contributed by atoms with Crippen LogP contribution in [0.4, 0.5) is 0 Å². The molecule has 0 unspecified atom stereocenters. The molecule has 20 heavy (non-hydrogen) atoms. The highest BCUT2D eigenvalue weighted by atomic mass is 35.5. The number of carbonyl (C=O) groups excluding carboxylic acids is 1. The standard InChI is InChI=1S/C13H10Cl2N2O3/c1-7-6-17(10-4-8(14)3-9(15)5-10)16-11(12(7)18)13(19)20-2/h3-6H,1-2H3. The molecule has 2 aromatic rings. The van der Waals surface area contributed by atoms with Gasteiger partial charge in [-0.15, -0.1) is 0 Å². The number of aromatic nitrogens is 2. The first-order valence-corrected chi connectivity index (χ1v) is 6.33. The Bertz CT molecular complexity index is 721. The maximum absolute atomic E-state index is 11.9. The number of halogens is 2. The molecule has 104 valence electrons. The highest BCUT2D eigenvalue weighted by Crippen LogP contribution is 2.21. The molecule has 0 aliphatic heterocycles. The lowest BCUT2D eigenvalue weighted by Gasteiger charge is -2.09. The molecule has 0 spiro atoms. The normalized spacial score (nSPS) is 10.4. The van der Waals surface area contributed by atoms with Crippen LogP contribution in [0.15, 0.2) is 29.2 Å². The lowest BCUT2D eigenvalue weighted by Crippen LogP contribution is -2.24. The van der Waals surface area contributed by atoms with Crippen molar-refractivity contribution in [2.45, 2.75) is 6.92 Å². The first-order chi connectivity index (χ1) is 9.42. The predicted octanol–water partition coefficient (Wildman–Crippen LogP) is 2.63. The van der Waals surface area contributed by atoms with Gasteiger partial charge in [-0.3, -0.25) is 4.79 Å². The zero-order valence-corrected chi connectivity index (χ0v) is 12.2. The van der Waals surface area contributed by atoms with Crippen LogP contribution in [0.1, 0.15) is 16.1 Å². The number of nitrogens with zero attached hydrogens (tertiary/aromatic N) is 2. The first-order valence-electron chi connectivity index (χ1n) is 5.57. The van der Waals surface area contributed by atoms with Crippen molar-refractivity contribution in [3.8, 4) is 5.69 Å². The second kappa shape index (κ2) is 5.64. The molecule has 0 amide bonds. The molecule has 1 aromatic heterocycles. The number of carbonyl (C=O) groups is 1. The molecule has 0 saturated carbocycles. The second-order valence-electron chi connectivity index (χ2n) is 4.05. The molecule has 7 heteroatoms. The monoisotopic (exact) mass is 312 g/mol. The van der Waals surface area contributed by atoms with E-state index in [4.69, 9.17) is 23.2 Å². The van der Waals surface area contributed by atoms with Gasteiger partial charge in [-0.1, -0.05) is 23.2 Å². The molecule has 0 bridgehead atoms.